The summed E-state index contributed by atoms with van der Waals surface area (Å²) in [5.41, 5.74) is 3.31. The number of hydrogen-bond acceptors (Lipinski definition) is 6. The van der Waals surface area contributed by atoms with Crippen LogP contribution in [-0.2, 0) is 19.7 Å². The number of carbonyl (C=O) groups is 3. The number of methoxy groups -OCH3 is 1. The first-order valence-electron chi connectivity index (χ1n) is 13.2. The molecule has 3 aromatic rings. The highest BCUT2D eigenvalue weighted by atomic mass is 16.5. The third kappa shape index (κ3) is 5.50. The summed E-state index contributed by atoms with van der Waals surface area (Å²) in [5.74, 6) is -2.00. The van der Waals surface area contributed by atoms with Crippen molar-refractivity contribution in [2.45, 2.75) is 59.1 Å². The van der Waals surface area contributed by atoms with Crippen LogP contribution in [0.5, 0.6) is 5.75 Å². The van der Waals surface area contributed by atoms with Gasteiger partial charge in [-0.25, -0.2) is 4.79 Å². The van der Waals surface area contributed by atoms with Gasteiger partial charge in [-0.2, -0.15) is 0 Å². The van der Waals surface area contributed by atoms with Crippen LogP contribution in [0.2, 0.25) is 0 Å². The maximum atomic E-state index is 13.6. The van der Waals surface area contributed by atoms with Crippen LogP contribution in [-0.4, -0.2) is 36.0 Å². The second-order valence-electron chi connectivity index (χ2n) is 11.2. The number of amides is 1. The predicted molar refractivity (Wildman–Crippen MR) is 155 cm³/mol. The van der Waals surface area contributed by atoms with Gasteiger partial charge in [0.25, 0.3) is 11.7 Å². The Morgan fingerprint density at radius 3 is 2.23 bits per heavy atom. The molecule has 4 rings (SSSR count). The van der Waals surface area contributed by atoms with E-state index in [0.29, 0.717) is 28.1 Å². The van der Waals surface area contributed by atoms with Gasteiger partial charge >= 0.3 is 5.97 Å². The van der Waals surface area contributed by atoms with E-state index < -0.39 is 23.7 Å². The molecule has 1 unspecified atom stereocenters. The van der Waals surface area contributed by atoms with Crippen LogP contribution >= 0.6 is 0 Å². The van der Waals surface area contributed by atoms with Crippen molar-refractivity contribution < 1.29 is 29.0 Å². The van der Waals surface area contributed by atoms with Crippen LogP contribution in [0.1, 0.15) is 73.3 Å². The normalized spacial score (nSPS) is 16.9. The number of aliphatic hydroxyl groups excluding tert-OH is 1. The minimum atomic E-state index is -0.906. The highest BCUT2D eigenvalue weighted by Crippen LogP contribution is 2.44. The molecule has 1 aliphatic rings. The topological polar surface area (TPSA) is 93.1 Å². The Labute approximate surface area is 235 Å². The Morgan fingerprint density at radius 2 is 1.65 bits per heavy atom. The Hall–Kier alpha value is -4.39. The summed E-state index contributed by atoms with van der Waals surface area (Å²) in [7, 11) is 1.49. The summed E-state index contributed by atoms with van der Waals surface area (Å²) < 4.78 is 10.8. The standard InChI is InChI=1S/C33H35NO6/c1-19(2)40-32(38)21-11-14-24(15-12-21)34-28(22-10-8-9-20(3)17-22)27(30(36)31(34)37)29(35)25-18-23(33(4,5)6)13-16-26(25)39-7/h8-19,28,35H,1-7H3/b29-27+. The number of ether oxygens (including phenoxy) is 2. The van der Waals surface area contributed by atoms with Gasteiger partial charge in [-0.05, 0) is 73.7 Å². The van der Waals surface area contributed by atoms with E-state index in [1.165, 1.54) is 12.0 Å². The SMILES string of the molecule is COc1ccc(C(C)(C)C)cc1/C(O)=C1\C(=O)C(=O)N(c2ccc(C(=O)OC(C)C)cc2)C1c1cccc(C)c1. The molecule has 1 aliphatic heterocycles. The summed E-state index contributed by atoms with van der Waals surface area (Å²) in [6, 6.07) is 18.3. The quantitative estimate of drug-likeness (QED) is 0.166. The fraction of sp³-hybridized carbons (Fsp3) is 0.303. The van der Waals surface area contributed by atoms with E-state index in [2.05, 4.69) is 0 Å². The first kappa shape index (κ1) is 28.6. The van der Waals surface area contributed by atoms with Crippen molar-refractivity contribution in [3.63, 3.8) is 0 Å². The minimum absolute atomic E-state index is 0.0387. The van der Waals surface area contributed by atoms with Crippen molar-refractivity contribution in [1.29, 1.82) is 0 Å². The Balaban J connectivity index is 1.91. The van der Waals surface area contributed by atoms with Gasteiger partial charge in [-0.15, -0.1) is 0 Å². The van der Waals surface area contributed by atoms with Crippen LogP contribution in [0.3, 0.4) is 0 Å². The molecule has 0 bridgehead atoms. The summed E-state index contributed by atoms with van der Waals surface area (Å²) >= 11 is 0. The van der Waals surface area contributed by atoms with Gasteiger partial charge in [0.2, 0.25) is 0 Å². The molecule has 1 amide bonds. The molecule has 0 aromatic heterocycles. The van der Waals surface area contributed by atoms with Gasteiger partial charge in [-0.3, -0.25) is 14.5 Å². The molecule has 7 nitrogen and oxygen atoms in total. The van der Waals surface area contributed by atoms with E-state index in [9.17, 15) is 19.5 Å². The van der Waals surface area contributed by atoms with Gasteiger partial charge < -0.3 is 14.6 Å². The lowest BCUT2D eigenvalue weighted by atomic mass is 9.85. The zero-order valence-electron chi connectivity index (χ0n) is 23.9. The van der Waals surface area contributed by atoms with Gasteiger partial charge in [-0.1, -0.05) is 56.7 Å². The van der Waals surface area contributed by atoms with E-state index in [1.54, 1.807) is 50.2 Å². The van der Waals surface area contributed by atoms with Gasteiger partial charge in [0, 0.05) is 5.69 Å². The number of hydrogen-bond donors (Lipinski definition) is 1. The molecule has 0 saturated carbocycles. The van der Waals surface area contributed by atoms with Crippen LogP contribution in [0.25, 0.3) is 5.76 Å². The highest BCUT2D eigenvalue weighted by Gasteiger charge is 2.47. The van der Waals surface area contributed by atoms with Crippen molar-refractivity contribution in [2.24, 2.45) is 0 Å². The highest BCUT2D eigenvalue weighted by molar-refractivity contribution is 6.51. The summed E-state index contributed by atoms with van der Waals surface area (Å²) in [6.07, 6.45) is -0.278. The zero-order valence-corrected chi connectivity index (χ0v) is 23.9. The molecule has 0 spiro atoms. The smallest absolute Gasteiger partial charge is 0.338 e. The largest absolute Gasteiger partial charge is 0.507 e. The molecular weight excluding hydrogens is 506 g/mol. The number of benzene rings is 3. The number of nitrogens with zero attached hydrogens (tertiary/aromatic N) is 1. The summed E-state index contributed by atoms with van der Waals surface area (Å²) in [6.45, 7) is 11.6. The number of esters is 1. The van der Waals surface area contributed by atoms with E-state index in [1.807, 2.05) is 58.0 Å². The molecule has 3 aromatic carbocycles. The fourth-order valence-corrected chi connectivity index (χ4v) is 4.80. The van der Waals surface area contributed by atoms with E-state index in [-0.39, 0.29) is 22.9 Å². The second-order valence-corrected chi connectivity index (χ2v) is 11.2. The monoisotopic (exact) mass is 541 g/mol. The lowest BCUT2D eigenvalue weighted by molar-refractivity contribution is -0.132. The molecule has 208 valence electrons. The molecular formula is C33H35NO6. The second kappa shape index (κ2) is 11.0. The Morgan fingerprint density at radius 1 is 0.975 bits per heavy atom. The lowest BCUT2D eigenvalue weighted by Crippen LogP contribution is -2.29. The van der Waals surface area contributed by atoms with Gasteiger partial charge in [0.15, 0.2) is 0 Å². The number of Topliss-reactive ketones (excluding diaryl/α,β-unsaturated/α-hetero) is 1. The third-order valence-corrected chi connectivity index (χ3v) is 6.85. The van der Waals surface area contributed by atoms with Crippen LogP contribution in [0.15, 0.2) is 72.3 Å². The van der Waals surface area contributed by atoms with Crippen LogP contribution in [0.4, 0.5) is 5.69 Å². The number of ketones is 1. The number of carbonyl (C=O) groups excluding carboxylic acids is 3. The summed E-state index contributed by atoms with van der Waals surface area (Å²) in [4.78, 5) is 40.9. The summed E-state index contributed by atoms with van der Waals surface area (Å²) in [5, 5.41) is 11.7. The maximum absolute atomic E-state index is 13.6. The Bertz CT molecular complexity index is 1490. The van der Waals surface area contributed by atoms with Crippen LogP contribution in [0, 0.1) is 6.92 Å². The molecule has 7 heteroatoms. The van der Waals surface area contributed by atoms with Gasteiger partial charge in [0.05, 0.1) is 36.0 Å². The molecule has 0 radical (unpaired) electrons. The van der Waals surface area contributed by atoms with Gasteiger partial charge in [0.1, 0.15) is 11.5 Å². The molecule has 40 heavy (non-hydrogen) atoms. The van der Waals surface area contributed by atoms with Crippen molar-refractivity contribution in [3.8, 4) is 5.75 Å². The van der Waals surface area contributed by atoms with E-state index in [4.69, 9.17) is 9.47 Å². The molecule has 1 N–H and O–H groups in total. The molecule has 0 aliphatic carbocycles. The number of rotatable bonds is 6. The van der Waals surface area contributed by atoms with E-state index in [0.717, 1.165) is 11.1 Å². The third-order valence-electron chi connectivity index (χ3n) is 6.85. The first-order chi connectivity index (χ1) is 18.8. The van der Waals surface area contributed by atoms with Crippen molar-refractivity contribution in [2.75, 3.05) is 12.0 Å². The maximum Gasteiger partial charge on any atom is 0.338 e. The number of aryl methyl sites for hydroxylation is 1. The average Bonchev–Trinajstić information content (AvgIpc) is 3.17. The molecule has 1 atom stereocenters. The van der Waals surface area contributed by atoms with Crippen LogP contribution < -0.4 is 9.64 Å². The zero-order chi connectivity index (χ0) is 29.4. The van der Waals surface area contributed by atoms with Crippen molar-refractivity contribution >= 4 is 29.1 Å². The first-order valence-corrected chi connectivity index (χ1v) is 13.2. The van der Waals surface area contributed by atoms with Crippen molar-refractivity contribution in [3.05, 3.63) is 100 Å². The lowest BCUT2D eigenvalue weighted by Gasteiger charge is -2.26. The fourth-order valence-electron chi connectivity index (χ4n) is 4.80. The molecule has 1 heterocycles. The molecule has 1 fully saturated rings. The predicted octanol–water partition coefficient (Wildman–Crippen LogP) is 6.49. The minimum Gasteiger partial charge on any atom is -0.507 e. The van der Waals surface area contributed by atoms with Crippen molar-refractivity contribution in [1.82, 2.24) is 0 Å². The number of anilines is 1. The molecule has 1 saturated heterocycles. The Kier molecular flexibility index (Phi) is 7.87. The number of aliphatic hydroxyl groups is 1. The van der Waals surface area contributed by atoms with E-state index >= 15 is 0 Å². The average molecular weight is 542 g/mol.